The average molecular weight is 274 g/mol. The molecule has 6 heteroatoms. The van der Waals surface area contributed by atoms with E-state index in [1.54, 1.807) is 43.3 Å². The Labute approximate surface area is 115 Å². The van der Waals surface area contributed by atoms with Gasteiger partial charge in [-0.3, -0.25) is 15.0 Å². The van der Waals surface area contributed by atoms with E-state index in [1.165, 1.54) is 18.0 Å². The Morgan fingerprint density at radius 3 is 2.40 bits per heavy atom. The summed E-state index contributed by atoms with van der Waals surface area (Å²) < 4.78 is 0. The molecule has 20 heavy (non-hydrogen) atoms. The number of rotatable bonds is 3. The van der Waals surface area contributed by atoms with Crippen molar-refractivity contribution in [2.75, 3.05) is 4.90 Å². The fourth-order valence-corrected chi connectivity index (χ4v) is 2.30. The van der Waals surface area contributed by atoms with Crippen LogP contribution in [0.5, 0.6) is 0 Å². The number of para-hydroxylation sites is 1. The van der Waals surface area contributed by atoms with Gasteiger partial charge in [0, 0.05) is 17.5 Å². The number of nitro groups is 1. The number of carboxylic acid groups (broad SMARTS) is 1. The lowest BCUT2D eigenvalue weighted by Crippen LogP contribution is -2.60. The number of hydrogen-bond acceptors (Lipinski definition) is 4. The third kappa shape index (κ3) is 1.77. The van der Waals surface area contributed by atoms with Gasteiger partial charge in [0.2, 0.25) is 0 Å². The Hall–Kier alpha value is -2.63. The molecule has 0 radical (unpaired) electrons. The number of hydrogen-bond donors (Lipinski definition) is 1. The van der Waals surface area contributed by atoms with Crippen LogP contribution in [0.1, 0.15) is 13.8 Å². The van der Waals surface area contributed by atoms with Crippen molar-refractivity contribution in [3.05, 3.63) is 63.9 Å². The van der Waals surface area contributed by atoms with Crippen LogP contribution in [-0.4, -0.2) is 21.7 Å². The number of anilines is 1. The van der Waals surface area contributed by atoms with Gasteiger partial charge in [0.05, 0.1) is 4.92 Å². The summed E-state index contributed by atoms with van der Waals surface area (Å²) >= 11 is 0. The topological polar surface area (TPSA) is 83.7 Å². The van der Waals surface area contributed by atoms with Crippen molar-refractivity contribution < 1.29 is 14.8 Å². The van der Waals surface area contributed by atoms with Crippen LogP contribution in [0.25, 0.3) is 0 Å². The molecule has 1 aromatic rings. The smallest absolute Gasteiger partial charge is 0.418 e. The molecule has 0 amide bonds. The average Bonchev–Trinajstić information content (AvgIpc) is 2.41. The molecule has 0 saturated carbocycles. The molecule has 0 aromatic heterocycles. The zero-order valence-electron chi connectivity index (χ0n) is 11.1. The van der Waals surface area contributed by atoms with Crippen LogP contribution >= 0.6 is 0 Å². The quantitative estimate of drug-likeness (QED) is 0.676. The first kappa shape index (κ1) is 13.8. The van der Waals surface area contributed by atoms with Crippen molar-refractivity contribution in [1.29, 1.82) is 0 Å². The minimum absolute atomic E-state index is 0.196. The Bertz CT molecular complexity index is 605. The van der Waals surface area contributed by atoms with Crippen LogP contribution in [0.4, 0.5) is 5.69 Å². The van der Waals surface area contributed by atoms with Gasteiger partial charge < -0.3 is 5.11 Å². The van der Waals surface area contributed by atoms with E-state index in [2.05, 4.69) is 0 Å². The highest BCUT2D eigenvalue weighted by Gasteiger charge is 2.60. The predicted molar refractivity (Wildman–Crippen MR) is 73.8 cm³/mol. The maximum absolute atomic E-state index is 11.7. The van der Waals surface area contributed by atoms with E-state index in [4.69, 9.17) is 0 Å². The third-order valence-electron chi connectivity index (χ3n) is 3.53. The summed E-state index contributed by atoms with van der Waals surface area (Å²) in [7, 11) is 0. The second kappa shape index (κ2) is 4.80. The van der Waals surface area contributed by atoms with Crippen LogP contribution in [0.3, 0.4) is 0 Å². The van der Waals surface area contributed by atoms with Crippen molar-refractivity contribution in [3.63, 3.8) is 0 Å². The molecule has 1 N–H and O–H groups in total. The zero-order valence-corrected chi connectivity index (χ0v) is 11.1. The summed E-state index contributed by atoms with van der Waals surface area (Å²) in [5.41, 5.74) is -1.08. The Balaban J connectivity index is 2.71. The van der Waals surface area contributed by atoms with Gasteiger partial charge in [-0.05, 0) is 37.6 Å². The summed E-state index contributed by atoms with van der Waals surface area (Å²) in [5, 5.41) is 21.1. The molecule has 2 rings (SSSR count). The van der Waals surface area contributed by atoms with Crippen LogP contribution in [0.15, 0.2) is 53.8 Å². The second-order valence-electron chi connectivity index (χ2n) is 4.56. The first-order valence-electron chi connectivity index (χ1n) is 6.00. The molecule has 1 aliphatic rings. The molecule has 0 saturated heterocycles. The minimum atomic E-state index is -2.31. The van der Waals surface area contributed by atoms with Crippen LogP contribution in [0.2, 0.25) is 0 Å². The first-order valence-corrected chi connectivity index (χ1v) is 6.00. The molecule has 0 bridgehead atoms. The molecule has 1 aromatic carbocycles. The van der Waals surface area contributed by atoms with Crippen LogP contribution in [-0.2, 0) is 4.79 Å². The number of allylic oxidation sites excluding steroid dienone is 2. The lowest BCUT2D eigenvalue weighted by molar-refractivity contribution is -0.542. The Kier molecular flexibility index (Phi) is 3.31. The molecule has 1 unspecified atom stereocenters. The number of aliphatic carboxylic acids is 1. The van der Waals surface area contributed by atoms with Gasteiger partial charge >= 0.3 is 11.6 Å². The van der Waals surface area contributed by atoms with E-state index in [1.807, 2.05) is 0 Å². The van der Waals surface area contributed by atoms with Gasteiger partial charge in [0.1, 0.15) is 0 Å². The molecule has 1 aliphatic heterocycles. The summed E-state index contributed by atoms with van der Waals surface area (Å²) in [6.07, 6.45) is 3.11. The molecular formula is C14H14N2O4. The lowest BCUT2D eigenvalue weighted by atomic mass is 9.91. The molecule has 6 nitrogen and oxygen atoms in total. The standard InChI is InChI=1S/C14H14N2O4/c1-10-8-9-15(12-6-4-3-5-7-12)14(11(10)2,13(17)18)16(19)20/h3-9H,1-2H3,(H,17,18). The molecule has 1 atom stereocenters. The maximum Gasteiger partial charge on any atom is 0.418 e. The van der Waals surface area contributed by atoms with E-state index < -0.39 is 16.6 Å². The SMILES string of the molecule is CC1=C(C)C(C(=O)O)([N+](=O)[O-])N(c2ccccc2)C=C1. The van der Waals surface area contributed by atoms with Crippen molar-refractivity contribution in [3.8, 4) is 0 Å². The van der Waals surface area contributed by atoms with Gasteiger partial charge in [-0.2, -0.15) is 0 Å². The van der Waals surface area contributed by atoms with Gasteiger partial charge in [-0.15, -0.1) is 0 Å². The third-order valence-corrected chi connectivity index (χ3v) is 3.53. The molecule has 1 heterocycles. The van der Waals surface area contributed by atoms with Crippen molar-refractivity contribution >= 4 is 11.7 Å². The summed E-state index contributed by atoms with van der Waals surface area (Å²) in [6, 6.07) is 8.45. The van der Waals surface area contributed by atoms with Gasteiger partial charge in [-0.1, -0.05) is 18.2 Å². The van der Waals surface area contributed by atoms with Gasteiger partial charge in [0.25, 0.3) is 0 Å². The largest absolute Gasteiger partial charge is 0.474 e. The molecule has 0 aliphatic carbocycles. The highest BCUT2D eigenvalue weighted by Crippen LogP contribution is 2.36. The fourth-order valence-electron chi connectivity index (χ4n) is 2.30. The van der Waals surface area contributed by atoms with Gasteiger partial charge in [0.15, 0.2) is 0 Å². The Morgan fingerprint density at radius 1 is 1.30 bits per heavy atom. The number of carboxylic acids is 1. The minimum Gasteiger partial charge on any atom is -0.474 e. The van der Waals surface area contributed by atoms with E-state index in [0.29, 0.717) is 11.3 Å². The van der Waals surface area contributed by atoms with Crippen molar-refractivity contribution in [2.45, 2.75) is 19.5 Å². The van der Waals surface area contributed by atoms with Crippen LogP contribution < -0.4 is 4.90 Å². The normalized spacial score (nSPS) is 22.0. The maximum atomic E-state index is 11.7. The zero-order chi connectivity index (χ0) is 14.9. The van der Waals surface area contributed by atoms with Gasteiger partial charge in [-0.25, -0.2) is 4.79 Å². The highest BCUT2D eigenvalue weighted by atomic mass is 16.6. The predicted octanol–water partition coefficient (Wildman–Crippen LogP) is 2.41. The van der Waals surface area contributed by atoms with E-state index >= 15 is 0 Å². The van der Waals surface area contributed by atoms with Crippen LogP contribution in [0, 0.1) is 10.1 Å². The fraction of sp³-hybridized carbons (Fsp3) is 0.214. The lowest BCUT2D eigenvalue weighted by Gasteiger charge is -2.35. The second-order valence-corrected chi connectivity index (χ2v) is 4.56. The van der Waals surface area contributed by atoms with Crippen molar-refractivity contribution in [2.24, 2.45) is 0 Å². The Morgan fingerprint density at radius 2 is 1.90 bits per heavy atom. The van der Waals surface area contributed by atoms with Crippen molar-refractivity contribution in [1.82, 2.24) is 0 Å². The van der Waals surface area contributed by atoms with E-state index in [0.717, 1.165) is 0 Å². The molecule has 104 valence electrons. The number of benzene rings is 1. The molecule has 0 spiro atoms. The number of nitrogens with zero attached hydrogens (tertiary/aromatic N) is 2. The molecular weight excluding hydrogens is 260 g/mol. The van der Waals surface area contributed by atoms with E-state index in [9.17, 15) is 20.0 Å². The summed E-state index contributed by atoms with van der Waals surface area (Å²) in [5.74, 6) is -1.51. The molecule has 0 fully saturated rings. The van der Waals surface area contributed by atoms with E-state index in [-0.39, 0.29) is 5.57 Å². The summed E-state index contributed by atoms with van der Waals surface area (Å²) in [4.78, 5) is 23.7. The number of carbonyl (C=O) groups is 1. The first-order chi connectivity index (χ1) is 9.42. The monoisotopic (exact) mass is 274 g/mol. The highest BCUT2D eigenvalue weighted by molar-refractivity contribution is 5.87. The summed E-state index contributed by atoms with van der Waals surface area (Å²) in [6.45, 7) is 3.14.